The maximum atomic E-state index is 12.9. The summed E-state index contributed by atoms with van der Waals surface area (Å²) in [6, 6.07) is 1.84. The highest BCUT2D eigenvalue weighted by atomic mass is 32.2. The van der Waals surface area contributed by atoms with E-state index in [0.29, 0.717) is 25.2 Å². The summed E-state index contributed by atoms with van der Waals surface area (Å²) in [5.41, 5.74) is 1.29. The van der Waals surface area contributed by atoms with Crippen LogP contribution in [0.15, 0.2) is 6.07 Å². The molecule has 0 N–H and O–H groups in total. The Bertz CT molecular complexity index is 591. The lowest BCUT2D eigenvalue weighted by atomic mass is 9.92. The highest BCUT2D eigenvalue weighted by molar-refractivity contribution is 7.98. The molecule has 128 valence electrons. The van der Waals surface area contributed by atoms with Crippen LogP contribution in [-0.2, 0) is 17.3 Å². The standard InChI is InChI=1S/C16H26N4O2S/c1-16(2,3)13-11-12(18(4)17-13)15(22)20-9-6-8-19(20)14(21)7-10-23-5/h11H,6-10H2,1-5H3. The minimum absolute atomic E-state index is 0.0170. The molecule has 2 rings (SSSR count). The van der Waals surface area contributed by atoms with Gasteiger partial charge in [-0.25, -0.2) is 5.01 Å². The van der Waals surface area contributed by atoms with Gasteiger partial charge in [0.05, 0.1) is 5.69 Å². The summed E-state index contributed by atoms with van der Waals surface area (Å²) in [5.74, 6) is 0.644. The zero-order chi connectivity index (χ0) is 17.2. The van der Waals surface area contributed by atoms with E-state index in [1.807, 2.05) is 12.3 Å². The molecule has 6 nitrogen and oxygen atoms in total. The van der Waals surface area contributed by atoms with Crippen LogP contribution in [0, 0.1) is 0 Å². The summed E-state index contributed by atoms with van der Waals surface area (Å²) in [4.78, 5) is 25.2. The van der Waals surface area contributed by atoms with E-state index in [4.69, 9.17) is 0 Å². The molecule has 0 aliphatic carbocycles. The Balaban J connectivity index is 2.19. The van der Waals surface area contributed by atoms with Crippen molar-refractivity contribution in [1.82, 2.24) is 19.8 Å². The van der Waals surface area contributed by atoms with Crippen LogP contribution in [0.3, 0.4) is 0 Å². The molecule has 2 heterocycles. The van der Waals surface area contributed by atoms with Gasteiger partial charge in [0, 0.05) is 37.7 Å². The summed E-state index contributed by atoms with van der Waals surface area (Å²) < 4.78 is 1.62. The van der Waals surface area contributed by atoms with Crippen LogP contribution in [0.5, 0.6) is 0 Å². The summed E-state index contributed by atoms with van der Waals surface area (Å²) in [6.45, 7) is 7.40. The van der Waals surface area contributed by atoms with E-state index < -0.39 is 0 Å². The highest BCUT2D eigenvalue weighted by Crippen LogP contribution is 2.23. The number of hydrogen-bond donors (Lipinski definition) is 0. The maximum Gasteiger partial charge on any atom is 0.290 e. The molecule has 0 spiro atoms. The Morgan fingerprint density at radius 2 is 1.91 bits per heavy atom. The zero-order valence-corrected chi connectivity index (χ0v) is 15.4. The van der Waals surface area contributed by atoms with Crippen molar-refractivity contribution in [2.24, 2.45) is 7.05 Å². The van der Waals surface area contributed by atoms with Crippen molar-refractivity contribution in [3.8, 4) is 0 Å². The normalized spacial score (nSPS) is 15.3. The Morgan fingerprint density at radius 3 is 2.48 bits per heavy atom. The summed E-state index contributed by atoms with van der Waals surface area (Å²) in [6.07, 6.45) is 3.26. The van der Waals surface area contributed by atoms with Crippen LogP contribution in [0.2, 0.25) is 0 Å². The monoisotopic (exact) mass is 338 g/mol. The van der Waals surface area contributed by atoms with Crippen LogP contribution < -0.4 is 0 Å². The van der Waals surface area contributed by atoms with Gasteiger partial charge in [0.2, 0.25) is 5.91 Å². The number of carbonyl (C=O) groups excluding carboxylic acids is 2. The van der Waals surface area contributed by atoms with E-state index in [-0.39, 0.29) is 17.2 Å². The lowest BCUT2D eigenvalue weighted by Crippen LogP contribution is -2.45. The third kappa shape index (κ3) is 3.88. The summed E-state index contributed by atoms with van der Waals surface area (Å²) in [5, 5.41) is 7.63. The number of amides is 2. The number of hydrogen-bond acceptors (Lipinski definition) is 4. The maximum absolute atomic E-state index is 12.9. The molecule has 1 aromatic rings. The number of nitrogens with zero attached hydrogens (tertiary/aromatic N) is 4. The molecular formula is C16H26N4O2S. The first kappa shape index (κ1) is 17.8. The summed E-state index contributed by atoms with van der Waals surface area (Å²) in [7, 11) is 1.78. The number of aromatic nitrogens is 2. The molecule has 0 unspecified atom stereocenters. The molecule has 1 saturated heterocycles. The van der Waals surface area contributed by atoms with Gasteiger partial charge in [0.15, 0.2) is 0 Å². The van der Waals surface area contributed by atoms with E-state index in [1.54, 1.807) is 33.5 Å². The van der Waals surface area contributed by atoms with Gasteiger partial charge in [-0.1, -0.05) is 20.8 Å². The molecule has 0 saturated carbocycles. The predicted molar refractivity (Wildman–Crippen MR) is 92.3 cm³/mol. The number of thioether (sulfide) groups is 1. The third-order valence-corrected chi connectivity index (χ3v) is 4.55. The molecule has 0 radical (unpaired) electrons. The fourth-order valence-corrected chi connectivity index (χ4v) is 2.95. The SMILES string of the molecule is CSCCC(=O)N1CCCN1C(=O)c1cc(C(C)(C)C)nn1C. The van der Waals surface area contributed by atoms with Crippen LogP contribution in [0.1, 0.15) is 49.8 Å². The van der Waals surface area contributed by atoms with Gasteiger partial charge in [-0.2, -0.15) is 16.9 Å². The van der Waals surface area contributed by atoms with Crippen LogP contribution >= 0.6 is 11.8 Å². The van der Waals surface area contributed by atoms with E-state index in [0.717, 1.165) is 17.9 Å². The van der Waals surface area contributed by atoms with Gasteiger partial charge in [0.25, 0.3) is 5.91 Å². The van der Waals surface area contributed by atoms with Crippen LogP contribution in [-0.4, -0.2) is 56.7 Å². The van der Waals surface area contributed by atoms with E-state index in [2.05, 4.69) is 25.9 Å². The smallest absolute Gasteiger partial charge is 0.273 e. The van der Waals surface area contributed by atoms with Gasteiger partial charge in [-0.15, -0.1) is 0 Å². The van der Waals surface area contributed by atoms with Crippen LogP contribution in [0.4, 0.5) is 0 Å². The topological polar surface area (TPSA) is 58.4 Å². The van der Waals surface area contributed by atoms with Crippen molar-refractivity contribution in [3.05, 3.63) is 17.5 Å². The Morgan fingerprint density at radius 1 is 1.26 bits per heavy atom. The predicted octanol–water partition coefficient (Wildman–Crippen LogP) is 2.06. The van der Waals surface area contributed by atoms with Gasteiger partial charge >= 0.3 is 0 Å². The molecule has 2 amide bonds. The highest BCUT2D eigenvalue weighted by Gasteiger charge is 2.33. The second kappa shape index (κ2) is 6.95. The van der Waals surface area contributed by atoms with Gasteiger partial charge in [0.1, 0.15) is 5.69 Å². The fourth-order valence-electron chi connectivity index (χ4n) is 2.57. The number of hydrazine groups is 1. The van der Waals surface area contributed by atoms with E-state index >= 15 is 0 Å². The zero-order valence-electron chi connectivity index (χ0n) is 14.6. The lowest BCUT2D eigenvalue weighted by molar-refractivity contribution is -0.140. The Kier molecular flexibility index (Phi) is 5.39. The molecular weight excluding hydrogens is 312 g/mol. The minimum atomic E-state index is -0.148. The fraction of sp³-hybridized carbons (Fsp3) is 0.688. The Hall–Kier alpha value is -1.50. The van der Waals surface area contributed by atoms with E-state index in [1.165, 1.54) is 0 Å². The first-order valence-electron chi connectivity index (χ1n) is 7.91. The van der Waals surface area contributed by atoms with Crippen molar-refractivity contribution in [3.63, 3.8) is 0 Å². The number of carbonyl (C=O) groups is 2. The van der Waals surface area contributed by atoms with Crippen molar-refractivity contribution in [2.45, 2.75) is 39.0 Å². The molecule has 0 atom stereocenters. The van der Waals surface area contributed by atoms with E-state index in [9.17, 15) is 9.59 Å². The van der Waals surface area contributed by atoms with Gasteiger partial charge in [-0.05, 0) is 18.7 Å². The molecule has 0 aromatic carbocycles. The largest absolute Gasteiger partial charge is 0.290 e. The molecule has 7 heteroatoms. The Labute approximate surface area is 142 Å². The molecule has 1 aliphatic rings. The first-order valence-corrected chi connectivity index (χ1v) is 9.30. The van der Waals surface area contributed by atoms with Crippen molar-refractivity contribution in [2.75, 3.05) is 25.1 Å². The second-order valence-electron chi connectivity index (χ2n) is 6.83. The number of rotatable bonds is 4. The van der Waals surface area contributed by atoms with Crippen molar-refractivity contribution < 1.29 is 9.59 Å². The van der Waals surface area contributed by atoms with Crippen LogP contribution in [0.25, 0.3) is 0 Å². The average molecular weight is 338 g/mol. The molecule has 1 fully saturated rings. The lowest BCUT2D eigenvalue weighted by Gasteiger charge is -2.27. The van der Waals surface area contributed by atoms with Gasteiger partial charge < -0.3 is 0 Å². The molecule has 1 aromatic heterocycles. The molecule has 23 heavy (non-hydrogen) atoms. The second-order valence-corrected chi connectivity index (χ2v) is 7.82. The average Bonchev–Trinajstić information content (AvgIpc) is 3.10. The molecule has 1 aliphatic heterocycles. The first-order chi connectivity index (χ1) is 10.8. The third-order valence-electron chi connectivity index (χ3n) is 3.94. The number of aryl methyl sites for hydroxylation is 1. The summed E-state index contributed by atoms with van der Waals surface area (Å²) >= 11 is 1.64. The molecule has 0 bridgehead atoms. The van der Waals surface area contributed by atoms with Crippen molar-refractivity contribution in [1.29, 1.82) is 0 Å². The quantitative estimate of drug-likeness (QED) is 0.843. The minimum Gasteiger partial charge on any atom is -0.273 e. The van der Waals surface area contributed by atoms with Crippen molar-refractivity contribution >= 4 is 23.6 Å². The van der Waals surface area contributed by atoms with Gasteiger partial charge in [-0.3, -0.25) is 19.3 Å².